The van der Waals surface area contributed by atoms with E-state index in [1.807, 2.05) is 31.2 Å². The lowest BCUT2D eigenvalue weighted by Gasteiger charge is -2.00. The van der Waals surface area contributed by atoms with Crippen LogP contribution in [0.4, 0.5) is 0 Å². The molecule has 6 nitrogen and oxygen atoms in total. The monoisotopic (exact) mass is 290 g/mol. The van der Waals surface area contributed by atoms with Gasteiger partial charge in [-0.15, -0.1) is 10.2 Å². The lowest BCUT2D eigenvalue weighted by Crippen LogP contribution is -2.24. The van der Waals surface area contributed by atoms with Gasteiger partial charge in [0.1, 0.15) is 5.01 Å². The number of hydrogen-bond acceptors (Lipinski definition) is 5. The third-order valence-corrected chi connectivity index (χ3v) is 3.89. The summed E-state index contributed by atoms with van der Waals surface area (Å²) in [6, 6.07) is 7.67. The summed E-state index contributed by atoms with van der Waals surface area (Å²) in [4.78, 5) is 12.6. The molecule has 104 valence electrons. The first-order chi connectivity index (χ1) is 9.72. The number of ether oxygens (including phenoxy) is 1. The topological polar surface area (TPSA) is 61.9 Å². The largest absolute Gasteiger partial charge is 0.383 e. The van der Waals surface area contributed by atoms with E-state index >= 15 is 0 Å². The Kier molecular flexibility index (Phi) is 3.37. The van der Waals surface area contributed by atoms with Gasteiger partial charge in [-0.3, -0.25) is 4.57 Å². The molecule has 1 aromatic carbocycles. The van der Waals surface area contributed by atoms with Crippen LogP contribution < -0.4 is 5.69 Å². The normalized spacial score (nSPS) is 11.3. The molecule has 0 radical (unpaired) electrons. The molecule has 0 atom stereocenters. The molecule has 3 aromatic rings. The van der Waals surface area contributed by atoms with E-state index in [2.05, 4.69) is 10.2 Å². The summed E-state index contributed by atoms with van der Waals surface area (Å²) in [5.41, 5.74) is 1.60. The summed E-state index contributed by atoms with van der Waals surface area (Å²) < 4.78 is 8.39. The van der Waals surface area contributed by atoms with Crippen LogP contribution in [0.1, 0.15) is 5.01 Å². The number of para-hydroxylation sites is 2. The van der Waals surface area contributed by atoms with Gasteiger partial charge in [0.05, 0.1) is 24.2 Å². The highest BCUT2D eigenvalue weighted by Crippen LogP contribution is 2.19. The predicted molar refractivity (Wildman–Crippen MR) is 77.6 cm³/mol. The second-order valence-corrected chi connectivity index (χ2v) is 5.51. The number of rotatable bonds is 4. The van der Waals surface area contributed by atoms with Crippen molar-refractivity contribution in [2.75, 3.05) is 13.7 Å². The second kappa shape index (κ2) is 5.18. The molecule has 0 aliphatic heterocycles. The molecule has 0 spiro atoms. The fourth-order valence-corrected chi connectivity index (χ4v) is 2.86. The average molecular weight is 290 g/mol. The van der Waals surface area contributed by atoms with Crippen LogP contribution in [0.5, 0.6) is 0 Å². The molecule has 0 saturated heterocycles. The highest BCUT2D eigenvalue weighted by Gasteiger charge is 2.16. The number of aryl methyl sites for hydroxylation is 1. The van der Waals surface area contributed by atoms with E-state index in [1.165, 1.54) is 11.3 Å². The third-order valence-electron chi connectivity index (χ3n) is 3.06. The van der Waals surface area contributed by atoms with Gasteiger partial charge in [-0.1, -0.05) is 23.5 Å². The maximum atomic E-state index is 12.6. The number of imidazole rings is 1. The van der Waals surface area contributed by atoms with Gasteiger partial charge in [0.2, 0.25) is 5.13 Å². The van der Waals surface area contributed by atoms with Gasteiger partial charge >= 0.3 is 5.69 Å². The maximum absolute atomic E-state index is 12.6. The van der Waals surface area contributed by atoms with E-state index in [-0.39, 0.29) is 5.69 Å². The smallest absolute Gasteiger partial charge is 0.335 e. The van der Waals surface area contributed by atoms with Crippen molar-refractivity contribution in [1.82, 2.24) is 19.3 Å². The molecule has 0 amide bonds. The van der Waals surface area contributed by atoms with Gasteiger partial charge < -0.3 is 4.74 Å². The summed E-state index contributed by atoms with van der Waals surface area (Å²) in [5, 5.41) is 9.50. The first kappa shape index (κ1) is 13.0. The quantitative estimate of drug-likeness (QED) is 0.732. The van der Waals surface area contributed by atoms with Crippen LogP contribution in [0.15, 0.2) is 29.1 Å². The first-order valence-corrected chi connectivity index (χ1v) is 7.03. The van der Waals surface area contributed by atoms with Gasteiger partial charge in [0.15, 0.2) is 0 Å². The standard InChI is InChI=1S/C13H14N4O2S/c1-9-14-15-12(20-9)17-11-6-4-3-5-10(11)16(13(17)18)7-8-19-2/h3-6H,7-8H2,1-2H3. The molecule has 0 unspecified atom stereocenters. The number of methoxy groups -OCH3 is 1. The Morgan fingerprint density at radius 1 is 1.25 bits per heavy atom. The van der Waals surface area contributed by atoms with E-state index < -0.39 is 0 Å². The van der Waals surface area contributed by atoms with Crippen molar-refractivity contribution in [3.8, 4) is 5.13 Å². The summed E-state index contributed by atoms with van der Waals surface area (Å²) in [5.74, 6) is 0. The van der Waals surface area contributed by atoms with Crippen LogP contribution in [0, 0.1) is 6.92 Å². The highest BCUT2D eigenvalue weighted by molar-refractivity contribution is 7.13. The molecular formula is C13H14N4O2S. The van der Waals surface area contributed by atoms with Crippen LogP contribution in [0.2, 0.25) is 0 Å². The minimum Gasteiger partial charge on any atom is -0.383 e. The van der Waals surface area contributed by atoms with Crippen molar-refractivity contribution in [2.24, 2.45) is 0 Å². The summed E-state index contributed by atoms with van der Waals surface area (Å²) in [6.45, 7) is 2.88. The Hall–Kier alpha value is -1.99. The maximum Gasteiger partial charge on any atom is 0.335 e. The van der Waals surface area contributed by atoms with Gasteiger partial charge in [0.25, 0.3) is 0 Å². The first-order valence-electron chi connectivity index (χ1n) is 6.22. The van der Waals surface area contributed by atoms with Crippen molar-refractivity contribution in [1.29, 1.82) is 0 Å². The molecule has 3 rings (SSSR count). The Balaban J connectivity index is 2.26. The van der Waals surface area contributed by atoms with Gasteiger partial charge in [0, 0.05) is 7.11 Å². The number of fused-ring (bicyclic) bond motifs is 1. The predicted octanol–water partition coefficient (Wildman–Crippen LogP) is 1.60. The van der Waals surface area contributed by atoms with Crippen LogP contribution in [0.25, 0.3) is 16.2 Å². The van der Waals surface area contributed by atoms with Gasteiger partial charge in [-0.25, -0.2) is 9.36 Å². The van der Waals surface area contributed by atoms with Crippen LogP contribution in [0.3, 0.4) is 0 Å². The van der Waals surface area contributed by atoms with Gasteiger partial charge in [-0.2, -0.15) is 0 Å². The fourth-order valence-electron chi connectivity index (χ4n) is 2.17. The van der Waals surface area contributed by atoms with Crippen molar-refractivity contribution in [3.63, 3.8) is 0 Å². The molecular weight excluding hydrogens is 276 g/mol. The lowest BCUT2D eigenvalue weighted by molar-refractivity contribution is 0.187. The van der Waals surface area contributed by atoms with E-state index in [4.69, 9.17) is 4.74 Å². The summed E-state index contributed by atoms with van der Waals surface area (Å²) >= 11 is 1.40. The van der Waals surface area contributed by atoms with E-state index in [0.29, 0.717) is 18.3 Å². The molecule has 2 heterocycles. The van der Waals surface area contributed by atoms with Crippen molar-refractivity contribution in [3.05, 3.63) is 39.8 Å². The Morgan fingerprint density at radius 3 is 2.65 bits per heavy atom. The molecule has 0 saturated carbocycles. The van der Waals surface area contributed by atoms with Crippen molar-refractivity contribution >= 4 is 22.4 Å². The van der Waals surface area contributed by atoms with Crippen molar-refractivity contribution in [2.45, 2.75) is 13.5 Å². The zero-order valence-electron chi connectivity index (χ0n) is 11.2. The highest BCUT2D eigenvalue weighted by atomic mass is 32.1. The Morgan fingerprint density at radius 2 is 2.00 bits per heavy atom. The number of nitrogens with zero attached hydrogens (tertiary/aromatic N) is 4. The number of benzene rings is 1. The molecule has 0 N–H and O–H groups in total. The minimum atomic E-state index is -0.112. The van der Waals surface area contributed by atoms with E-state index in [1.54, 1.807) is 16.2 Å². The molecule has 20 heavy (non-hydrogen) atoms. The summed E-state index contributed by atoms with van der Waals surface area (Å²) in [7, 11) is 1.62. The van der Waals surface area contributed by atoms with Crippen LogP contribution >= 0.6 is 11.3 Å². The zero-order chi connectivity index (χ0) is 14.1. The molecule has 7 heteroatoms. The minimum absolute atomic E-state index is 0.112. The Bertz CT molecular complexity index is 802. The lowest BCUT2D eigenvalue weighted by atomic mass is 10.3. The Labute approximate surface area is 119 Å². The van der Waals surface area contributed by atoms with Gasteiger partial charge in [-0.05, 0) is 19.1 Å². The summed E-state index contributed by atoms with van der Waals surface area (Å²) in [6.07, 6.45) is 0. The SMILES string of the molecule is COCCn1c(=O)n(-c2nnc(C)s2)c2ccccc21. The molecule has 0 fully saturated rings. The van der Waals surface area contributed by atoms with E-state index in [9.17, 15) is 4.79 Å². The molecule has 0 aliphatic rings. The number of hydrogen-bond donors (Lipinski definition) is 0. The molecule has 0 aliphatic carbocycles. The van der Waals surface area contributed by atoms with E-state index in [0.717, 1.165) is 16.0 Å². The fraction of sp³-hybridized carbons (Fsp3) is 0.308. The average Bonchev–Trinajstić information content (AvgIpc) is 2.98. The third kappa shape index (κ3) is 2.04. The van der Waals surface area contributed by atoms with Crippen LogP contribution in [-0.4, -0.2) is 33.0 Å². The molecule has 2 aromatic heterocycles. The zero-order valence-corrected chi connectivity index (χ0v) is 12.1. The number of aromatic nitrogens is 4. The van der Waals surface area contributed by atoms with Crippen LogP contribution in [-0.2, 0) is 11.3 Å². The second-order valence-electron chi connectivity index (χ2n) is 4.35. The molecule has 0 bridgehead atoms. The van der Waals surface area contributed by atoms with Crippen molar-refractivity contribution < 1.29 is 4.74 Å².